The summed E-state index contributed by atoms with van der Waals surface area (Å²) in [5, 5.41) is 3.03. The third-order valence-electron chi connectivity index (χ3n) is 4.82. The summed E-state index contributed by atoms with van der Waals surface area (Å²) in [7, 11) is 0. The van der Waals surface area contributed by atoms with Gasteiger partial charge in [0.1, 0.15) is 5.75 Å². The maximum absolute atomic E-state index is 12.3. The van der Waals surface area contributed by atoms with Gasteiger partial charge < -0.3 is 10.1 Å². The highest BCUT2D eigenvalue weighted by Crippen LogP contribution is 2.29. The minimum Gasteiger partial charge on any atom is -0.491 e. The van der Waals surface area contributed by atoms with E-state index in [-0.39, 0.29) is 5.91 Å². The summed E-state index contributed by atoms with van der Waals surface area (Å²) in [4.78, 5) is 12.3. The van der Waals surface area contributed by atoms with Crippen LogP contribution in [0.2, 0.25) is 0 Å². The Morgan fingerprint density at radius 3 is 2.52 bits per heavy atom. The molecule has 1 saturated carbocycles. The summed E-state index contributed by atoms with van der Waals surface area (Å²) >= 11 is 0. The van der Waals surface area contributed by atoms with Crippen molar-refractivity contribution in [3.8, 4) is 5.75 Å². The van der Waals surface area contributed by atoms with Crippen molar-refractivity contribution in [3.05, 3.63) is 60.2 Å². The van der Waals surface area contributed by atoms with Crippen LogP contribution < -0.4 is 10.1 Å². The molecule has 1 N–H and O–H groups in total. The Morgan fingerprint density at radius 1 is 1.00 bits per heavy atom. The minimum atomic E-state index is 0.104. The minimum absolute atomic E-state index is 0.104. The van der Waals surface area contributed by atoms with Gasteiger partial charge in [-0.1, -0.05) is 55.3 Å². The molecule has 0 bridgehead atoms. The summed E-state index contributed by atoms with van der Waals surface area (Å²) in [6.45, 7) is 0.643. The molecule has 2 aromatic carbocycles. The van der Waals surface area contributed by atoms with Crippen molar-refractivity contribution in [2.45, 2.75) is 44.9 Å². The van der Waals surface area contributed by atoms with Gasteiger partial charge in [-0.2, -0.15) is 0 Å². The van der Waals surface area contributed by atoms with Crippen LogP contribution in [0.4, 0.5) is 5.69 Å². The van der Waals surface area contributed by atoms with Crippen LogP contribution in [0.1, 0.15) is 44.1 Å². The summed E-state index contributed by atoms with van der Waals surface area (Å²) in [5.74, 6) is 1.42. The number of carbonyl (C=O) groups excluding carboxylic acids is 1. The number of nitrogens with one attached hydrogen (secondary N) is 1. The number of rotatable bonds is 8. The van der Waals surface area contributed by atoms with Crippen molar-refractivity contribution < 1.29 is 9.53 Å². The second-order valence-corrected chi connectivity index (χ2v) is 6.84. The predicted molar refractivity (Wildman–Crippen MR) is 102 cm³/mol. The van der Waals surface area contributed by atoms with Crippen molar-refractivity contribution in [1.82, 2.24) is 0 Å². The van der Waals surface area contributed by atoms with E-state index in [1.807, 2.05) is 30.3 Å². The molecule has 0 spiro atoms. The molecule has 0 radical (unpaired) electrons. The maximum Gasteiger partial charge on any atom is 0.224 e. The lowest BCUT2D eigenvalue weighted by molar-refractivity contribution is -0.117. The van der Waals surface area contributed by atoms with Crippen LogP contribution in [-0.2, 0) is 11.2 Å². The third-order valence-corrected chi connectivity index (χ3v) is 4.82. The molecular weight excluding hydrogens is 310 g/mol. The van der Waals surface area contributed by atoms with Crippen LogP contribution in [0.5, 0.6) is 5.75 Å². The number of hydrogen-bond donors (Lipinski definition) is 1. The molecule has 2 aromatic rings. The molecule has 0 atom stereocenters. The third kappa shape index (κ3) is 5.63. The zero-order valence-electron chi connectivity index (χ0n) is 14.7. The normalized spacial score (nSPS) is 14.4. The number of aryl methyl sites for hydroxylation is 1. The Bertz CT molecular complexity index is 663. The van der Waals surface area contributed by atoms with Gasteiger partial charge in [0.15, 0.2) is 0 Å². The lowest BCUT2D eigenvalue weighted by Gasteiger charge is -2.14. The van der Waals surface area contributed by atoms with E-state index >= 15 is 0 Å². The number of para-hydroxylation sites is 2. The molecule has 132 valence electrons. The van der Waals surface area contributed by atoms with Gasteiger partial charge in [0.25, 0.3) is 0 Å². The van der Waals surface area contributed by atoms with E-state index in [2.05, 4.69) is 29.6 Å². The van der Waals surface area contributed by atoms with Gasteiger partial charge in [0, 0.05) is 6.42 Å². The molecular formula is C22H27NO2. The first-order chi connectivity index (χ1) is 12.3. The first kappa shape index (κ1) is 17.5. The second kappa shape index (κ2) is 9.26. The highest BCUT2D eigenvalue weighted by Gasteiger charge is 2.19. The molecule has 3 heteroatoms. The number of anilines is 1. The molecule has 0 aliphatic heterocycles. The van der Waals surface area contributed by atoms with E-state index in [9.17, 15) is 4.79 Å². The zero-order chi connectivity index (χ0) is 17.3. The van der Waals surface area contributed by atoms with Gasteiger partial charge in [-0.3, -0.25) is 4.79 Å². The molecule has 0 heterocycles. The number of benzene rings is 2. The second-order valence-electron chi connectivity index (χ2n) is 6.84. The van der Waals surface area contributed by atoms with Crippen molar-refractivity contribution in [2.24, 2.45) is 5.92 Å². The number of amides is 1. The van der Waals surface area contributed by atoms with E-state index in [4.69, 9.17) is 4.74 Å². The Balaban J connectivity index is 1.47. The van der Waals surface area contributed by atoms with Crippen molar-refractivity contribution in [3.63, 3.8) is 0 Å². The van der Waals surface area contributed by atoms with Crippen LogP contribution in [0, 0.1) is 5.92 Å². The van der Waals surface area contributed by atoms with E-state index in [1.165, 1.54) is 31.2 Å². The van der Waals surface area contributed by atoms with Crippen LogP contribution in [0.3, 0.4) is 0 Å². The van der Waals surface area contributed by atoms with Gasteiger partial charge >= 0.3 is 0 Å². The van der Waals surface area contributed by atoms with Crippen molar-refractivity contribution in [2.75, 3.05) is 11.9 Å². The molecule has 3 rings (SSSR count). The lowest BCUT2D eigenvalue weighted by atomic mass is 10.0. The first-order valence-electron chi connectivity index (χ1n) is 9.37. The van der Waals surface area contributed by atoms with Crippen molar-refractivity contribution in [1.29, 1.82) is 0 Å². The van der Waals surface area contributed by atoms with Gasteiger partial charge in [-0.25, -0.2) is 0 Å². The number of hydrogen-bond acceptors (Lipinski definition) is 2. The average molecular weight is 337 g/mol. The monoisotopic (exact) mass is 337 g/mol. The van der Waals surface area contributed by atoms with E-state index in [0.29, 0.717) is 18.9 Å². The highest BCUT2D eigenvalue weighted by molar-refractivity contribution is 5.92. The number of carbonyl (C=O) groups is 1. The van der Waals surface area contributed by atoms with Gasteiger partial charge in [0.05, 0.1) is 12.3 Å². The fourth-order valence-electron chi connectivity index (χ4n) is 3.48. The Labute approximate surface area is 150 Å². The van der Waals surface area contributed by atoms with Gasteiger partial charge in [-0.05, 0) is 49.3 Å². The standard InChI is InChI=1S/C22H27NO2/c24-22(17-19-11-4-5-12-19)23-20-14-6-7-15-21(20)25-16-8-13-18-9-2-1-3-10-18/h1-3,6-7,9-10,14-15,19H,4-5,8,11-13,16-17H2,(H,23,24). The number of ether oxygens (including phenoxy) is 1. The Morgan fingerprint density at radius 2 is 1.72 bits per heavy atom. The van der Waals surface area contributed by atoms with E-state index in [0.717, 1.165) is 24.3 Å². The summed E-state index contributed by atoms with van der Waals surface area (Å²) in [6, 6.07) is 18.1. The molecule has 1 aliphatic carbocycles. The molecule has 3 nitrogen and oxygen atoms in total. The summed E-state index contributed by atoms with van der Waals surface area (Å²) in [5.41, 5.74) is 2.11. The molecule has 25 heavy (non-hydrogen) atoms. The van der Waals surface area contributed by atoms with Crippen LogP contribution in [0.15, 0.2) is 54.6 Å². The topological polar surface area (TPSA) is 38.3 Å². The first-order valence-corrected chi connectivity index (χ1v) is 9.37. The van der Waals surface area contributed by atoms with Crippen LogP contribution >= 0.6 is 0 Å². The maximum atomic E-state index is 12.3. The highest BCUT2D eigenvalue weighted by atomic mass is 16.5. The molecule has 0 aromatic heterocycles. The molecule has 0 unspecified atom stereocenters. The van der Waals surface area contributed by atoms with Crippen molar-refractivity contribution >= 4 is 11.6 Å². The largest absolute Gasteiger partial charge is 0.491 e. The lowest BCUT2D eigenvalue weighted by Crippen LogP contribution is -2.16. The van der Waals surface area contributed by atoms with Crippen LogP contribution in [0.25, 0.3) is 0 Å². The summed E-state index contributed by atoms with van der Waals surface area (Å²) < 4.78 is 5.92. The fourth-order valence-corrected chi connectivity index (χ4v) is 3.48. The average Bonchev–Trinajstić information content (AvgIpc) is 3.14. The smallest absolute Gasteiger partial charge is 0.224 e. The molecule has 1 fully saturated rings. The quantitative estimate of drug-likeness (QED) is 0.671. The van der Waals surface area contributed by atoms with Gasteiger partial charge in [-0.15, -0.1) is 0 Å². The predicted octanol–water partition coefficient (Wildman–Crippen LogP) is 5.22. The zero-order valence-corrected chi connectivity index (χ0v) is 14.7. The molecule has 1 amide bonds. The van der Waals surface area contributed by atoms with E-state index < -0.39 is 0 Å². The SMILES string of the molecule is O=C(CC1CCCC1)Nc1ccccc1OCCCc1ccccc1. The van der Waals surface area contributed by atoms with Gasteiger partial charge in [0.2, 0.25) is 5.91 Å². The molecule has 1 aliphatic rings. The van der Waals surface area contributed by atoms with E-state index in [1.54, 1.807) is 0 Å². The molecule has 0 saturated heterocycles. The Hall–Kier alpha value is -2.29. The summed E-state index contributed by atoms with van der Waals surface area (Å²) in [6.07, 6.45) is 7.47. The Kier molecular flexibility index (Phi) is 6.49. The fraction of sp³-hybridized carbons (Fsp3) is 0.409. The van der Waals surface area contributed by atoms with Crippen LogP contribution in [-0.4, -0.2) is 12.5 Å².